The van der Waals surface area contributed by atoms with E-state index in [9.17, 15) is 8.42 Å². The van der Waals surface area contributed by atoms with Crippen molar-refractivity contribution in [2.24, 2.45) is 0 Å². The Morgan fingerprint density at radius 1 is 1.47 bits per heavy atom. The maximum atomic E-state index is 11.1. The third-order valence-electron chi connectivity index (χ3n) is 1.84. The van der Waals surface area contributed by atoms with Crippen LogP contribution in [0.25, 0.3) is 0 Å². The van der Waals surface area contributed by atoms with E-state index < -0.39 is 9.84 Å². The van der Waals surface area contributed by atoms with Gasteiger partial charge in [-0.2, -0.15) is 0 Å². The van der Waals surface area contributed by atoms with Gasteiger partial charge in [-0.3, -0.25) is 0 Å². The molecular formula is C9H15NO3S2. The molecule has 0 atom stereocenters. The van der Waals surface area contributed by atoms with Crippen LogP contribution in [0.5, 0.6) is 0 Å². The lowest BCUT2D eigenvalue weighted by atomic mass is 10.2. The van der Waals surface area contributed by atoms with Gasteiger partial charge >= 0.3 is 0 Å². The second-order valence-electron chi connectivity index (χ2n) is 3.46. The summed E-state index contributed by atoms with van der Waals surface area (Å²) >= 11 is 1.29. The molecule has 0 bridgehead atoms. The molecule has 0 unspecified atom stereocenters. The normalized spacial score (nSPS) is 11.9. The summed E-state index contributed by atoms with van der Waals surface area (Å²) in [5.74, 6) is -0.0334. The molecule has 0 amide bonds. The van der Waals surface area contributed by atoms with Crippen molar-refractivity contribution in [3.8, 4) is 0 Å². The third kappa shape index (κ3) is 3.89. The van der Waals surface area contributed by atoms with E-state index in [1.165, 1.54) is 17.6 Å². The predicted molar refractivity (Wildman–Crippen MR) is 60.6 cm³/mol. The van der Waals surface area contributed by atoms with E-state index in [1.54, 1.807) is 0 Å². The van der Waals surface area contributed by atoms with E-state index in [4.69, 9.17) is 5.11 Å². The average Bonchev–Trinajstić information content (AvgIpc) is 2.45. The first-order valence-corrected chi connectivity index (χ1v) is 7.60. The van der Waals surface area contributed by atoms with Crippen LogP contribution in [0.4, 0.5) is 0 Å². The van der Waals surface area contributed by atoms with Crippen molar-refractivity contribution in [2.75, 3.05) is 6.26 Å². The second kappa shape index (κ2) is 5.05. The highest BCUT2D eigenvalue weighted by molar-refractivity contribution is 7.90. The van der Waals surface area contributed by atoms with Crippen LogP contribution < -0.4 is 0 Å². The standard InChI is InChI=1S/C9H15NO3S2/c1-3-4-7-8(5-11)14-9(10-7)6-15(2,12)13/h11H,3-6H2,1-2H3. The van der Waals surface area contributed by atoms with Gasteiger partial charge in [0, 0.05) is 6.26 Å². The van der Waals surface area contributed by atoms with Crippen molar-refractivity contribution in [3.05, 3.63) is 15.6 Å². The summed E-state index contributed by atoms with van der Waals surface area (Å²) in [7, 11) is -3.04. The number of hydrogen-bond acceptors (Lipinski definition) is 5. The van der Waals surface area contributed by atoms with Gasteiger partial charge in [0.15, 0.2) is 9.84 Å². The van der Waals surface area contributed by atoms with Crippen molar-refractivity contribution in [1.82, 2.24) is 4.98 Å². The fourth-order valence-electron chi connectivity index (χ4n) is 1.28. The minimum Gasteiger partial charge on any atom is -0.391 e. The Labute approximate surface area is 93.9 Å². The van der Waals surface area contributed by atoms with E-state index in [1.807, 2.05) is 6.92 Å². The van der Waals surface area contributed by atoms with E-state index in [0.717, 1.165) is 23.4 Å². The first kappa shape index (κ1) is 12.6. The molecule has 0 saturated heterocycles. The summed E-state index contributed by atoms with van der Waals surface area (Å²) in [5.41, 5.74) is 0.837. The Bertz CT molecular complexity index is 423. The Hall–Kier alpha value is -0.460. The number of aliphatic hydroxyl groups is 1. The van der Waals surface area contributed by atoms with Gasteiger partial charge in [-0.05, 0) is 6.42 Å². The maximum Gasteiger partial charge on any atom is 0.153 e. The molecule has 1 aromatic heterocycles. The van der Waals surface area contributed by atoms with Crippen LogP contribution in [-0.4, -0.2) is 24.8 Å². The molecule has 0 fully saturated rings. The van der Waals surface area contributed by atoms with E-state index in [-0.39, 0.29) is 12.4 Å². The Morgan fingerprint density at radius 3 is 2.60 bits per heavy atom. The van der Waals surface area contributed by atoms with Gasteiger partial charge in [-0.1, -0.05) is 13.3 Å². The van der Waals surface area contributed by atoms with Crippen LogP contribution in [0.15, 0.2) is 0 Å². The van der Waals surface area contributed by atoms with E-state index >= 15 is 0 Å². The zero-order chi connectivity index (χ0) is 11.5. The van der Waals surface area contributed by atoms with Crippen LogP contribution in [0.1, 0.15) is 28.9 Å². The molecule has 0 aromatic carbocycles. The molecule has 4 nitrogen and oxygen atoms in total. The number of hydrogen-bond donors (Lipinski definition) is 1. The number of aryl methyl sites for hydroxylation is 1. The second-order valence-corrected chi connectivity index (χ2v) is 6.76. The number of aromatic nitrogens is 1. The molecule has 15 heavy (non-hydrogen) atoms. The lowest BCUT2D eigenvalue weighted by Gasteiger charge is -1.94. The number of thiazole rings is 1. The molecule has 1 aromatic rings. The van der Waals surface area contributed by atoms with Crippen molar-refractivity contribution in [1.29, 1.82) is 0 Å². The molecule has 0 spiro atoms. The summed E-state index contributed by atoms with van der Waals surface area (Å²) in [5, 5.41) is 9.65. The molecule has 0 aliphatic heterocycles. The molecule has 0 radical (unpaired) electrons. The highest BCUT2D eigenvalue weighted by atomic mass is 32.2. The monoisotopic (exact) mass is 249 g/mol. The Balaban J connectivity index is 2.92. The highest BCUT2D eigenvalue weighted by Crippen LogP contribution is 2.21. The molecular weight excluding hydrogens is 234 g/mol. The van der Waals surface area contributed by atoms with Crippen LogP contribution in [0.3, 0.4) is 0 Å². The summed E-state index contributed by atoms with van der Waals surface area (Å²) in [6.45, 7) is 1.97. The van der Waals surface area contributed by atoms with Gasteiger partial charge in [-0.15, -0.1) is 11.3 Å². The van der Waals surface area contributed by atoms with Gasteiger partial charge in [0.1, 0.15) is 10.8 Å². The zero-order valence-electron chi connectivity index (χ0n) is 8.86. The summed E-state index contributed by atoms with van der Waals surface area (Å²) in [6.07, 6.45) is 2.91. The van der Waals surface area contributed by atoms with Crippen molar-refractivity contribution in [3.63, 3.8) is 0 Å². The highest BCUT2D eigenvalue weighted by Gasteiger charge is 2.13. The number of sulfone groups is 1. The molecule has 1 rings (SSSR count). The smallest absolute Gasteiger partial charge is 0.153 e. The maximum absolute atomic E-state index is 11.1. The fourth-order valence-corrected chi connectivity index (χ4v) is 3.44. The molecule has 0 aliphatic carbocycles. The van der Waals surface area contributed by atoms with Crippen molar-refractivity contribution < 1.29 is 13.5 Å². The number of nitrogens with zero attached hydrogens (tertiary/aromatic N) is 1. The Kier molecular flexibility index (Phi) is 4.24. The average molecular weight is 249 g/mol. The SMILES string of the molecule is CCCc1nc(CS(C)(=O)=O)sc1CO. The lowest BCUT2D eigenvalue weighted by molar-refractivity contribution is 0.284. The van der Waals surface area contributed by atoms with Gasteiger partial charge < -0.3 is 5.11 Å². The molecule has 1 heterocycles. The molecule has 1 N–H and O–H groups in total. The molecule has 86 valence electrons. The van der Waals surface area contributed by atoms with Crippen LogP contribution >= 0.6 is 11.3 Å². The topological polar surface area (TPSA) is 67.3 Å². The summed E-state index contributed by atoms with van der Waals surface area (Å²) in [6, 6.07) is 0. The van der Waals surface area contributed by atoms with Crippen LogP contribution in [-0.2, 0) is 28.6 Å². The van der Waals surface area contributed by atoms with Crippen molar-refractivity contribution in [2.45, 2.75) is 32.1 Å². The lowest BCUT2D eigenvalue weighted by Crippen LogP contribution is -2.00. The number of rotatable bonds is 5. The Morgan fingerprint density at radius 2 is 2.13 bits per heavy atom. The van der Waals surface area contributed by atoms with Crippen LogP contribution in [0.2, 0.25) is 0 Å². The molecule has 6 heteroatoms. The fraction of sp³-hybridized carbons (Fsp3) is 0.667. The van der Waals surface area contributed by atoms with E-state index in [2.05, 4.69) is 4.98 Å². The molecule has 0 aliphatic rings. The van der Waals surface area contributed by atoms with Gasteiger partial charge in [0.2, 0.25) is 0 Å². The summed E-state index contributed by atoms with van der Waals surface area (Å²) < 4.78 is 22.1. The number of aliphatic hydroxyl groups excluding tert-OH is 1. The van der Waals surface area contributed by atoms with Crippen molar-refractivity contribution >= 4 is 21.2 Å². The quantitative estimate of drug-likeness (QED) is 0.849. The van der Waals surface area contributed by atoms with Gasteiger partial charge in [-0.25, -0.2) is 13.4 Å². The predicted octanol–water partition coefficient (Wildman–Crippen LogP) is 1.13. The molecule has 0 saturated carbocycles. The summed E-state index contributed by atoms with van der Waals surface area (Å²) in [4.78, 5) is 5.02. The van der Waals surface area contributed by atoms with Crippen LogP contribution in [0, 0.1) is 0 Å². The van der Waals surface area contributed by atoms with Gasteiger partial charge in [0.05, 0.1) is 17.2 Å². The zero-order valence-corrected chi connectivity index (χ0v) is 10.5. The van der Waals surface area contributed by atoms with Gasteiger partial charge in [0.25, 0.3) is 0 Å². The first-order chi connectivity index (χ1) is 6.96. The minimum atomic E-state index is -3.04. The van der Waals surface area contributed by atoms with E-state index in [0.29, 0.717) is 5.01 Å². The minimum absolute atomic E-state index is 0.0334. The first-order valence-electron chi connectivity index (χ1n) is 4.72. The third-order valence-corrected chi connectivity index (χ3v) is 3.90. The largest absolute Gasteiger partial charge is 0.391 e.